The number of oxazole rings is 1. The predicted octanol–water partition coefficient (Wildman–Crippen LogP) is 3.38. The lowest BCUT2D eigenvalue weighted by Gasteiger charge is -2.25. The first kappa shape index (κ1) is 16.6. The second-order valence-corrected chi connectivity index (χ2v) is 6.82. The number of allylic oxidation sites excluding steroid dienone is 1. The molecule has 28 heavy (non-hydrogen) atoms. The zero-order valence-corrected chi connectivity index (χ0v) is 15.1. The van der Waals surface area contributed by atoms with Gasteiger partial charge in [0.05, 0.1) is 29.5 Å². The Labute approximate surface area is 161 Å². The summed E-state index contributed by atoms with van der Waals surface area (Å²) in [4.78, 5) is 25.5. The van der Waals surface area contributed by atoms with Crippen LogP contribution in [0.4, 0.5) is 5.69 Å². The van der Waals surface area contributed by atoms with E-state index in [1.807, 2.05) is 35.2 Å². The summed E-state index contributed by atoms with van der Waals surface area (Å²) in [7, 11) is 0. The van der Waals surface area contributed by atoms with Crippen molar-refractivity contribution < 1.29 is 9.21 Å². The number of aliphatic imine (C=N–C) groups is 1. The summed E-state index contributed by atoms with van der Waals surface area (Å²) in [6, 6.07) is 6.00. The Balaban J connectivity index is 1.43. The molecule has 1 saturated carbocycles. The Bertz CT molecular complexity index is 1080. The molecule has 1 aliphatic carbocycles. The second kappa shape index (κ2) is 6.88. The molecule has 140 valence electrons. The van der Waals surface area contributed by atoms with Crippen molar-refractivity contribution in [3.63, 3.8) is 0 Å². The average molecular weight is 374 g/mol. The fraction of sp³-hybridized carbons (Fsp3) is 0.250. The van der Waals surface area contributed by atoms with Gasteiger partial charge in [0.25, 0.3) is 5.91 Å². The van der Waals surface area contributed by atoms with Gasteiger partial charge in [-0.2, -0.15) is 5.10 Å². The lowest BCUT2D eigenvalue weighted by atomic mass is 9.93. The molecule has 0 bridgehead atoms. The molecule has 1 N–H and O–H groups in total. The number of aromatic nitrogens is 4. The number of nitrogens with zero attached hydrogens (tertiary/aromatic N) is 5. The molecule has 1 fully saturated rings. The van der Waals surface area contributed by atoms with Gasteiger partial charge in [0.2, 0.25) is 5.89 Å². The molecule has 0 aromatic carbocycles. The summed E-state index contributed by atoms with van der Waals surface area (Å²) in [6.45, 7) is 0.604. The first-order valence-corrected chi connectivity index (χ1v) is 9.26. The van der Waals surface area contributed by atoms with Crippen molar-refractivity contribution in [1.29, 1.82) is 0 Å². The van der Waals surface area contributed by atoms with Crippen LogP contribution in [0.25, 0.3) is 17.0 Å². The molecule has 0 unspecified atom stereocenters. The average Bonchev–Trinajstić information content (AvgIpc) is 3.41. The van der Waals surface area contributed by atoms with E-state index in [0.717, 1.165) is 18.4 Å². The first-order chi connectivity index (χ1) is 13.8. The third kappa shape index (κ3) is 3.02. The van der Waals surface area contributed by atoms with Crippen molar-refractivity contribution in [2.24, 2.45) is 4.99 Å². The maximum absolute atomic E-state index is 12.7. The van der Waals surface area contributed by atoms with E-state index < -0.39 is 0 Å². The molecular formula is C20H18N6O2. The third-order valence-corrected chi connectivity index (χ3v) is 4.97. The predicted molar refractivity (Wildman–Crippen MR) is 104 cm³/mol. The summed E-state index contributed by atoms with van der Waals surface area (Å²) in [5.74, 6) is 0.0392. The van der Waals surface area contributed by atoms with Gasteiger partial charge in [-0.1, -0.05) is 6.07 Å². The fourth-order valence-corrected chi connectivity index (χ4v) is 3.21. The number of hydrogen-bond donors (Lipinski definition) is 1. The van der Waals surface area contributed by atoms with Crippen LogP contribution >= 0.6 is 0 Å². The molecule has 1 amide bonds. The summed E-state index contributed by atoms with van der Waals surface area (Å²) in [5, 5.41) is 7.60. The Hall–Kier alpha value is -3.55. The van der Waals surface area contributed by atoms with Crippen LogP contribution in [0.5, 0.6) is 0 Å². The molecule has 0 saturated heterocycles. The van der Waals surface area contributed by atoms with E-state index in [4.69, 9.17) is 4.42 Å². The van der Waals surface area contributed by atoms with E-state index >= 15 is 0 Å². The van der Waals surface area contributed by atoms with Crippen molar-refractivity contribution in [3.8, 4) is 11.4 Å². The lowest BCUT2D eigenvalue weighted by Crippen LogP contribution is -2.17. The summed E-state index contributed by atoms with van der Waals surface area (Å²) in [6.07, 6.45) is 11.9. The van der Waals surface area contributed by atoms with Crippen LogP contribution in [0.2, 0.25) is 0 Å². The van der Waals surface area contributed by atoms with E-state index in [9.17, 15) is 4.79 Å². The van der Waals surface area contributed by atoms with E-state index in [2.05, 4.69) is 25.4 Å². The van der Waals surface area contributed by atoms with Crippen LogP contribution in [0.15, 0.2) is 52.3 Å². The standard InChI is InChI=1S/C20H18N6O2/c27-19(17-12-28-20(24-17)13-7-9-21-10-13)23-16-11-26(14-4-3-5-14)25-18(16)15-6-1-2-8-22-15/h1-2,6-8,10-12,14H,3-5,9H2,(H,23,27). The van der Waals surface area contributed by atoms with Crippen molar-refractivity contribution in [1.82, 2.24) is 19.7 Å². The zero-order valence-electron chi connectivity index (χ0n) is 15.1. The van der Waals surface area contributed by atoms with Gasteiger partial charge in [-0.05, 0) is 37.5 Å². The van der Waals surface area contributed by atoms with E-state index in [-0.39, 0.29) is 11.6 Å². The lowest BCUT2D eigenvalue weighted by molar-refractivity contribution is 0.102. The highest BCUT2D eigenvalue weighted by molar-refractivity contribution is 6.10. The van der Waals surface area contributed by atoms with Crippen molar-refractivity contribution >= 4 is 23.4 Å². The van der Waals surface area contributed by atoms with Gasteiger partial charge >= 0.3 is 0 Å². The topological polar surface area (TPSA) is 98.2 Å². The molecule has 5 rings (SSSR count). The van der Waals surface area contributed by atoms with Crippen molar-refractivity contribution in [2.75, 3.05) is 11.9 Å². The highest BCUT2D eigenvalue weighted by Crippen LogP contribution is 2.34. The van der Waals surface area contributed by atoms with Gasteiger partial charge < -0.3 is 9.73 Å². The molecule has 0 radical (unpaired) electrons. The van der Waals surface area contributed by atoms with Gasteiger partial charge in [0, 0.05) is 18.6 Å². The van der Waals surface area contributed by atoms with E-state index in [1.54, 1.807) is 12.4 Å². The number of carbonyl (C=O) groups is 1. The molecule has 3 aromatic rings. The van der Waals surface area contributed by atoms with Gasteiger partial charge in [-0.25, -0.2) is 4.98 Å². The molecule has 8 heteroatoms. The Kier molecular flexibility index (Phi) is 4.08. The molecule has 0 atom stereocenters. The Morgan fingerprint density at radius 1 is 1.29 bits per heavy atom. The van der Waals surface area contributed by atoms with Crippen LogP contribution in [0, 0.1) is 0 Å². The fourth-order valence-electron chi connectivity index (χ4n) is 3.21. The quantitative estimate of drug-likeness (QED) is 0.738. The van der Waals surface area contributed by atoms with Crippen LogP contribution in [-0.4, -0.2) is 38.4 Å². The SMILES string of the molecule is O=C(Nc1cn(C2CCC2)nc1-c1ccccn1)c1coc(C2=CCN=C2)n1. The molecule has 2 aliphatic rings. The molecular weight excluding hydrogens is 356 g/mol. The first-order valence-electron chi connectivity index (χ1n) is 9.26. The van der Waals surface area contributed by atoms with Crippen LogP contribution in [-0.2, 0) is 0 Å². The molecule has 3 aromatic heterocycles. The number of rotatable bonds is 5. The Morgan fingerprint density at radius 3 is 2.93 bits per heavy atom. The van der Waals surface area contributed by atoms with Crippen LogP contribution in [0.1, 0.15) is 41.7 Å². The largest absolute Gasteiger partial charge is 0.444 e. The minimum absolute atomic E-state index is 0.208. The van der Waals surface area contributed by atoms with Crippen LogP contribution in [0.3, 0.4) is 0 Å². The van der Waals surface area contributed by atoms with Gasteiger partial charge in [-0.3, -0.25) is 19.5 Å². The Morgan fingerprint density at radius 2 is 2.21 bits per heavy atom. The van der Waals surface area contributed by atoms with Crippen molar-refractivity contribution in [2.45, 2.75) is 25.3 Å². The van der Waals surface area contributed by atoms with E-state index in [1.165, 1.54) is 12.7 Å². The van der Waals surface area contributed by atoms with Gasteiger partial charge in [0.1, 0.15) is 12.0 Å². The molecule has 0 spiro atoms. The number of carbonyl (C=O) groups excluding carboxylic acids is 1. The van der Waals surface area contributed by atoms with Gasteiger partial charge in [0.15, 0.2) is 5.69 Å². The number of anilines is 1. The third-order valence-electron chi connectivity index (χ3n) is 4.97. The summed E-state index contributed by atoms with van der Waals surface area (Å²) in [5.41, 5.74) is 2.96. The monoisotopic (exact) mass is 374 g/mol. The zero-order chi connectivity index (χ0) is 18.9. The summed E-state index contributed by atoms with van der Waals surface area (Å²) >= 11 is 0. The maximum Gasteiger partial charge on any atom is 0.277 e. The molecule has 1 aliphatic heterocycles. The number of hydrogen-bond acceptors (Lipinski definition) is 6. The normalized spacial score (nSPS) is 16.1. The van der Waals surface area contributed by atoms with Gasteiger partial charge in [-0.15, -0.1) is 0 Å². The van der Waals surface area contributed by atoms with Crippen molar-refractivity contribution in [3.05, 3.63) is 54.5 Å². The second-order valence-electron chi connectivity index (χ2n) is 6.82. The van der Waals surface area contributed by atoms with Crippen LogP contribution < -0.4 is 5.32 Å². The number of amides is 1. The highest BCUT2D eigenvalue weighted by Gasteiger charge is 2.24. The minimum Gasteiger partial charge on any atom is -0.444 e. The number of nitrogens with one attached hydrogen (secondary N) is 1. The summed E-state index contributed by atoms with van der Waals surface area (Å²) < 4.78 is 7.36. The number of pyridine rings is 1. The smallest absolute Gasteiger partial charge is 0.277 e. The molecule has 8 nitrogen and oxygen atoms in total. The minimum atomic E-state index is -0.351. The van der Waals surface area contributed by atoms with E-state index in [0.29, 0.717) is 35.6 Å². The molecule has 4 heterocycles. The maximum atomic E-state index is 12.7. The highest BCUT2D eigenvalue weighted by atomic mass is 16.3.